The van der Waals surface area contributed by atoms with Gasteiger partial charge in [-0.3, -0.25) is 15.0 Å². The fourth-order valence-electron chi connectivity index (χ4n) is 4.42. The van der Waals surface area contributed by atoms with Crippen LogP contribution in [0, 0.1) is 0 Å². The average Bonchev–Trinajstić information content (AvgIpc) is 2.98. The van der Waals surface area contributed by atoms with Crippen LogP contribution in [0.5, 0.6) is 0 Å². The Labute approximate surface area is 228 Å². The van der Waals surface area contributed by atoms with Gasteiger partial charge in [-0.1, -0.05) is 121 Å². The lowest BCUT2D eigenvalue weighted by Gasteiger charge is -2.24. The van der Waals surface area contributed by atoms with E-state index in [0.717, 1.165) is 27.5 Å². The standard InChI is InChI=1S/C34H29N3O2/c38-33(29-18-8-3-9-19-29)35-32(23-30-21-12-20-28-17-10-11-22-31(28)30)34(39)36-37(24-26-13-4-1-5-14-26)25-27-15-6-2-7-16-27/h1-23H,24-25H2,(H,35,38)(H,36,39)/b32-23-. The van der Waals surface area contributed by atoms with Crippen LogP contribution in [0.3, 0.4) is 0 Å². The van der Waals surface area contributed by atoms with Crippen LogP contribution in [0.25, 0.3) is 16.8 Å². The normalized spacial score (nSPS) is 11.4. The molecule has 0 spiro atoms. The summed E-state index contributed by atoms with van der Waals surface area (Å²) >= 11 is 0. The molecule has 39 heavy (non-hydrogen) atoms. The second-order valence-corrected chi connectivity index (χ2v) is 9.21. The second-order valence-electron chi connectivity index (χ2n) is 9.21. The van der Waals surface area contributed by atoms with E-state index in [0.29, 0.717) is 18.7 Å². The highest BCUT2D eigenvalue weighted by Gasteiger charge is 2.18. The van der Waals surface area contributed by atoms with Crippen molar-refractivity contribution in [2.24, 2.45) is 0 Å². The number of carbonyl (C=O) groups is 2. The summed E-state index contributed by atoms with van der Waals surface area (Å²) < 4.78 is 0. The number of nitrogens with one attached hydrogen (secondary N) is 2. The number of benzene rings is 5. The van der Waals surface area contributed by atoms with Gasteiger partial charge in [-0.2, -0.15) is 0 Å². The van der Waals surface area contributed by atoms with Gasteiger partial charge in [0.1, 0.15) is 5.70 Å². The van der Waals surface area contributed by atoms with E-state index in [1.807, 2.05) is 114 Å². The third kappa shape index (κ3) is 6.86. The Bertz CT molecular complexity index is 1540. The van der Waals surface area contributed by atoms with E-state index in [2.05, 4.69) is 10.7 Å². The van der Waals surface area contributed by atoms with Gasteiger partial charge >= 0.3 is 0 Å². The van der Waals surface area contributed by atoms with Gasteiger partial charge in [-0.15, -0.1) is 0 Å². The minimum atomic E-state index is -0.404. The SMILES string of the molecule is O=C(NN(Cc1ccccc1)Cc1ccccc1)/C(=C/c1cccc2ccccc12)NC(=O)c1ccccc1. The Morgan fingerprint density at radius 3 is 1.79 bits per heavy atom. The van der Waals surface area contributed by atoms with Gasteiger partial charge in [0, 0.05) is 18.7 Å². The highest BCUT2D eigenvalue weighted by Crippen LogP contribution is 2.21. The van der Waals surface area contributed by atoms with Gasteiger partial charge in [0.2, 0.25) is 0 Å². The van der Waals surface area contributed by atoms with Crippen molar-refractivity contribution < 1.29 is 9.59 Å². The lowest BCUT2D eigenvalue weighted by atomic mass is 10.0. The summed E-state index contributed by atoms with van der Waals surface area (Å²) in [4.78, 5) is 26.9. The number of hydrazine groups is 1. The monoisotopic (exact) mass is 511 g/mol. The van der Waals surface area contributed by atoms with Crippen molar-refractivity contribution in [3.63, 3.8) is 0 Å². The summed E-state index contributed by atoms with van der Waals surface area (Å²) in [5.41, 5.74) is 6.63. The Hall–Kier alpha value is -5.00. The molecule has 0 aliphatic carbocycles. The molecule has 0 fully saturated rings. The first kappa shape index (κ1) is 25.6. The maximum absolute atomic E-state index is 13.8. The summed E-state index contributed by atoms with van der Waals surface area (Å²) in [5.74, 6) is -0.756. The van der Waals surface area contributed by atoms with Crippen molar-refractivity contribution in [3.05, 3.63) is 161 Å². The largest absolute Gasteiger partial charge is 0.317 e. The molecule has 192 valence electrons. The van der Waals surface area contributed by atoms with Crippen molar-refractivity contribution in [1.82, 2.24) is 15.8 Å². The molecule has 2 N–H and O–H groups in total. The molecule has 5 rings (SSSR count). The van der Waals surface area contributed by atoms with Crippen LogP contribution in [0.2, 0.25) is 0 Å². The van der Waals surface area contributed by atoms with Crippen molar-refractivity contribution in [2.45, 2.75) is 13.1 Å². The topological polar surface area (TPSA) is 61.4 Å². The molecule has 0 aliphatic heterocycles. The van der Waals surface area contributed by atoms with Crippen LogP contribution in [0.1, 0.15) is 27.0 Å². The summed E-state index contributed by atoms with van der Waals surface area (Å²) in [6, 6.07) is 42.7. The third-order valence-corrected chi connectivity index (χ3v) is 6.34. The van der Waals surface area contributed by atoms with Gasteiger partial charge in [0.25, 0.3) is 11.8 Å². The van der Waals surface area contributed by atoms with E-state index < -0.39 is 5.91 Å². The Morgan fingerprint density at radius 2 is 1.15 bits per heavy atom. The van der Waals surface area contributed by atoms with Crippen LogP contribution in [-0.2, 0) is 17.9 Å². The summed E-state index contributed by atoms with van der Waals surface area (Å²) in [7, 11) is 0. The lowest BCUT2D eigenvalue weighted by Crippen LogP contribution is -2.44. The fraction of sp³-hybridized carbons (Fsp3) is 0.0588. The molecule has 5 heteroatoms. The Morgan fingerprint density at radius 1 is 0.615 bits per heavy atom. The van der Waals surface area contributed by atoms with Crippen LogP contribution in [0.4, 0.5) is 0 Å². The molecule has 5 nitrogen and oxygen atoms in total. The smallest absolute Gasteiger partial charge is 0.282 e. The van der Waals surface area contributed by atoms with Crippen molar-refractivity contribution in [1.29, 1.82) is 0 Å². The molecular formula is C34H29N3O2. The predicted octanol–water partition coefficient (Wildman–Crippen LogP) is 6.34. The zero-order valence-electron chi connectivity index (χ0n) is 21.5. The first-order valence-corrected chi connectivity index (χ1v) is 12.9. The number of amides is 2. The molecule has 5 aromatic carbocycles. The van der Waals surface area contributed by atoms with E-state index in [-0.39, 0.29) is 11.6 Å². The Balaban J connectivity index is 1.47. The molecule has 0 saturated heterocycles. The van der Waals surface area contributed by atoms with Gasteiger partial charge in [0.15, 0.2) is 0 Å². The first-order chi connectivity index (χ1) is 19.2. The zero-order chi connectivity index (χ0) is 26.9. The highest BCUT2D eigenvalue weighted by atomic mass is 16.2. The molecule has 0 unspecified atom stereocenters. The minimum Gasteiger partial charge on any atom is -0.317 e. The summed E-state index contributed by atoms with van der Waals surface area (Å²) in [6.45, 7) is 0.991. The predicted molar refractivity (Wildman–Crippen MR) is 156 cm³/mol. The summed E-state index contributed by atoms with van der Waals surface area (Å²) in [6.07, 6.45) is 1.74. The Kier molecular flexibility index (Phi) is 8.22. The quantitative estimate of drug-likeness (QED) is 0.179. The molecule has 0 radical (unpaired) electrons. The number of rotatable bonds is 9. The van der Waals surface area contributed by atoms with E-state index in [1.165, 1.54) is 0 Å². The van der Waals surface area contributed by atoms with Crippen LogP contribution in [-0.4, -0.2) is 16.8 Å². The van der Waals surface area contributed by atoms with Gasteiger partial charge in [0.05, 0.1) is 0 Å². The lowest BCUT2D eigenvalue weighted by molar-refractivity contribution is -0.123. The van der Waals surface area contributed by atoms with Crippen LogP contribution in [0.15, 0.2) is 139 Å². The number of carbonyl (C=O) groups excluding carboxylic acids is 2. The molecule has 0 saturated carbocycles. The maximum atomic E-state index is 13.8. The van der Waals surface area contributed by atoms with Crippen molar-refractivity contribution >= 4 is 28.7 Å². The second kappa shape index (κ2) is 12.5. The van der Waals surface area contributed by atoms with Gasteiger partial charge in [-0.05, 0) is 45.7 Å². The highest BCUT2D eigenvalue weighted by molar-refractivity contribution is 6.06. The van der Waals surface area contributed by atoms with E-state index >= 15 is 0 Å². The van der Waals surface area contributed by atoms with Crippen molar-refractivity contribution in [2.75, 3.05) is 0 Å². The van der Waals surface area contributed by atoms with Gasteiger partial charge in [-0.25, -0.2) is 5.01 Å². The van der Waals surface area contributed by atoms with E-state index in [1.54, 1.807) is 30.3 Å². The molecule has 5 aromatic rings. The molecule has 0 aromatic heterocycles. The third-order valence-electron chi connectivity index (χ3n) is 6.34. The summed E-state index contributed by atoms with van der Waals surface area (Å²) in [5, 5.41) is 6.76. The van der Waals surface area contributed by atoms with E-state index in [9.17, 15) is 9.59 Å². The zero-order valence-corrected chi connectivity index (χ0v) is 21.5. The first-order valence-electron chi connectivity index (χ1n) is 12.9. The van der Waals surface area contributed by atoms with E-state index in [4.69, 9.17) is 0 Å². The van der Waals surface area contributed by atoms with Crippen LogP contribution < -0.4 is 10.7 Å². The number of fused-ring (bicyclic) bond motifs is 1. The van der Waals surface area contributed by atoms with Crippen LogP contribution >= 0.6 is 0 Å². The molecule has 0 atom stereocenters. The average molecular weight is 512 g/mol. The van der Waals surface area contributed by atoms with Crippen molar-refractivity contribution in [3.8, 4) is 0 Å². The maximum Gasteiger partial charge on any atom is 0.282 e. The number of hydrogen-bond donors (Lipinski definition) is 2. The molecular weight excluding hydrogens is 482 g/mol. The number of nitrogens with zero attached hydrogens (tertiary/aromatic N) is 1. The minimum absolute atomic E-state index is 0.159. The van der Waals surface area contributed by atoms with Gasteiger partial charge < -0.3 is 5.32 Å². The molecule has 2 amide bonds. The molecule has 0 heterocycles. The molecule has 0 bridgehead atoms. The molecule has 0 aliphatic rings. The fourth-order valence-corrected chi connectivity index (χ4v) is 4.42. The number of hydrogen-bond acceptors (Lipinski definition) is 3.